The van der Waals surface area contributed by atoms with Gasteiger partial charge in [-0.25, -0.2) is 0 Å². The van der Waals surface area contributed by atoms with Crippen LogP contribution in [-0.2, 0) is 9.53 Å². The van der Waals surface area contributed by atoms with Crippen LogP contribution in [0, 0.1) is 0 Å². The van der Waals surface area contributed by atoms with Gasteiger partial charge in [0.2, 0.25) is 0 Å². The first-order valence-electron chi connectivity index (χ1n) is 6.96. The van der Waals surface area contributed by atoms with E-state index in [9.17, 15) is 4.79 Å². The van der Waals surface area contributed by atoms with E-state index in [-0.39, 0.29) is 17.8 Å². The lowest BCUT2D eigenvalue weighted by molar-refractivity contribution is -0.144. The van der Waals surface area contributed by atoms with Crippen LogP contribution in [0.15, 0.2) is 22.7 Å². The topological polar surface area (TPSA) is 57.0 Å². The molecule has 0 amide bonds. The maximum atomic E-state index is 11.7. The van der Waals surface area contributed by atoms with Gasteiger partial charge in [0, 0.05) is 6.04 Å². The minimum Gasteiger partial charge on any atom is -0.462 e. The Kier molecular flexibility index (Phi) is 4.30. The van der Waals surface area contributed by atoms with Crippen LogP contribution < -0.4 is 0 Å². The number of hydrogen-bond acceptors (Lipinski definition) is 6. The third-order valence-corrected chi connectivity index (χ3v) is 4.79. The molecule has 21 heavy (non-hydrogen) atoms. The predicted molar refractivity (Wildman–Crippen MR) is 83.6 cm³/mol. The van der Waals surface area contributed by atoms with Crippen molar-refractivity contribution in [2.75, 3.05) is 5.75 Å². The van der Waals surface area contributed by atoms with Crippen LogP contribution in [0.4, 0.5) is 0 Å². The van der Waals surface area contributed by atoms with Gasteiger partial charge in [0.15, 0.2) is 11.0 Å². The first-order chi connectivity index (χ1) is 10.1. The number of ether oxygens (including phenoxy) is 1. The summed E-state index contributed by atoms with van der Waals surface area (Å²) >= 11 is 3.06. The van der Waals surface area contributed by atoms with Crippen molar-refractivity contribution in [3.8, 4) is 10.7 Å². The lowest BCUT2D eigenvalue weighted by Crippen LogP contribution is -2.13. The third kappa shape index (κ3) is 3.47. The largest absolute Gasteiger partial charge is 0.462 e. The van der Waals surface area contributed by atoms with E-state index in [1.54, 1.807) is 11.3 Å². The molecule has 0 radical (unpaired) electrons. The predicted octanol–water partition coefficient (Wildman–Crippen LogP) is 3.39. The Morgan fingerprint density at radius 3 is 2.95 bits per heavy atom. The van der Waals surface area contributed by atoms with Crippen LogP contribution in [0.2, 0.25) is 0 Å². The summed E-state index contributed by atoms with van der Waals surface area (Å²) < 4.78 is 7.32. The normalized spacial score (nSPS) is 14.6. The van der Waals surface area contributed by atoms with E-state index in [1.165, 1.54) is 11.8 Å². The first kappa shape index (κ1) is 14.6. The summed E-state index contributed by atoms with van der Waals surface area (Å²) in [5.74, 6) is 0.971. The smallest absolute Gasteiger partial charge is 0.316 e. The molecule has 0 aromatic carbocycles. The highest BCUT2D eigenvalue weighted by Crippen LogP contribution is 2.41. The van der Waals surface area contributed by atoms with Crippen molar-refractivity contribution in [1.29, 1.82) is 0 Å². The second-order valence-corrected chi connectivity index (χ2v) is 7.10. The van der Waals surface area contributed by atoms with Crippen LogP contribution in [-0.4, -0.2) is 32.6 Å². The number of nitrogens with zero attached hydrogens (tertiary/aromatic N) is 3. The quantitative estimate of drug-likeness (QED) is 0.602. The summed E-state index contributed by atoms with van der Waals surface area (Å²) in [6.07, 6.45) is 2.22. The summed E-state index contributed by atoms with van der Waals surface area (Å²) in [4.78, 5) is 12.8. The second-order valence-electron chi connectivity index (χ2n) is 5.21. The molecule has 0 spiro atoms. The molecule has 0 N–H and O–H groups in total. The van der Waals surface area contributed by atoms with Crippen LogP contribution in [0.25, 0.3) is 10.7 Å². The van der Waals surface area contributed by atoms with Gasteiger partial charge >= 0.3 is 5.97 Å². The van der Waals surface area contributed by atoms with Crippen molar-refractivity contribution < 1.29 is 9.53 Å². The Morgan fingerprint density at radius 2 is 2.33 bits per heavy atom. The minimum atomic E-state index is -0.210. The molecule has 5 nitrogen and oxygen atoms in total. The summed E-state index contributed by atoms with van der Waals surface area (Å²) in [6.45, 7) is 3.70. The maximum absolute atomic E-state index is 11.7. The van der Waals surface area contributed by atoms with Crippen molar-refractivity contribution in [3.05, 3.63) is 17.5 Å². The van der Waals surface area contributed by atoms with Crippen LogP contribution in [0.1, 0.15) is 32.7 Å². The van der Waals surface area contributed by atoms with Crippen molar-refractivity contribution >= 4 is 29.1 Å². The number of esters is 1. The van der Waals surface area contributed by atoms with Crippen molar-refractivity contribution in [3.63, 3.8) is 0 Å². The molecule has 0 bridgehead atoms. The number of thiophene rings is 1. The van der Waals surface area contributed by atoms with E-state index in [2.05, 4.69) is 20.8 Å². The second kappa shape index (κ2) is 6.19. The van der Waals surface area contributed by atoms with Crippen molar-refractivity contribution in [1.82, 2.24) is 14.8 Å². The Morgan fingerprint density at radius 1 is 1.52 bits per heavy atom. The Labute approximate surface area is 131 Å². The maximum Gasteiger partial charge on any atom is 0.316 e. The molecule has 112 valence electrons. The molecule has 0 aliphatic heterocycles. The van der Waals surface area contributed by atoms with Gasteiger partial charge in [-0.05, 0) is 38.1 Å². The van der Waals surface area contributed by atoms with E-state index in [1.807, 2.05) is 25.3 Å². The molecular formula is C14H17N3O2S2. The molecule has 2 aromatic rings. The Hall–Kier alpha value is -1.34. The highest BCUT2D eigenvalue weighted by Gasteiger charge is 2.30. The van der Waals surface area contributed by atoms with Crippen molar-refractivity contribution in [2.24, 2.45) is 0 Å². The number of thioether (sulfide) groups is 1. The lowest BCUT2D eigenvalue weighted by atomic mass is 10.4. The molecule has 1 aliphatic rings. The number of carbonyl (C=O) groups excluding carboxylic acids is 1. The van der Waals surface area contributed by atoms with Crippen LogP contribution >= 0.6 is 23.1 Å². The molecule has 2 aromatic heterocycles. The van der Waals surface area contributed by atoms with Gasteiger partial charge in [-0.15, -0.1) is 21.5 Å². The third-order valence-electron chi connectivity index (χ3n) is 3.00. The summed E-state index contributed by atoms with van der Waals surface area (Å²) in [6, 6.07) is 4.54. The first-order valence-corrected chi connectivity index (χ1v) is 8.82. The van der Waals surface area contributed by atoms with E-state index in [4.69, 9.17) is 4.74 Å². The number of carbonyl (C=O) groups is 1. The fourth-order valence-electron chi connectivity index (χ4n) is 2.03. The summed E-state index contributed by atoms with van der Waals surface area (Å²) in [5, 5.41) is 11.4. The zero-order chi connectivity index (χ0) is 14.8. The molecule has 0 saturated heterocycles. The van der Waals surface area contributed by atoms with Crippen molar-refractivity contribution in [2.45, 2.75) is 44.0 Å². The molecule has 7 heteroatoms. The van der Waals surface area contributed by atoms with E-state index < -0.39 is 0 Å². The summed E-state index contributed by atoms with van der Waals surface area (Å²) in [5.41, 5.74) is 0. The Bertz CT molecular complexity index is 618. The minimum absolute atomic E-state index is 0.0823. The van der Waals surface area contributed by atoms with Gasteiger partial charge in [-0.2, -0.15) is 0 Å². The molecule has 1 saturated carbocycles. The van der Waals surface area contributed by atoms with Gasteiger partial charge in [0.25, 0.3) is 0 Å². The average molecular weight is 323 g/mol. The average Bonchev–Trinajstić information content (AvgIpc) is 2.98. The summed E-state index contributed by atoms with van der Waals surface area (Å²) in [7, 11) is 0. The zero-order valence-corrected chi connectivity index (χ0v) is 13.6. The molecule has 0 unspecified atom stereocenters. The van der Waals surface area contributed by atoms with E-state index in [0.717, 1.165) is 28.7 Å². The van der Waals surface area contributed by atoms with Gasteiger partial charge in [0.1, 0.15) is 0 Å². The molecule has 2 heterocycles. The SMILES string of the molecule is CC(C)OC(=O)CSc1nnc(-c2cccs2)n1C1CC1. The van der Waals surface area contributed by atoms with Crippen LogP contribution in [0.5, 0.6) is 0 Å². The Balaban J connectivity index is 1.75. The van der Waals surface area contributed by atoms with E-state index in [0.29, 0.717) is 6.04 Å². The van der Waals surface area contributed by atoms with Gasteiger partial charge in [-0.1, -0.05) is 17.8 Å². The zero-order valence-electron chi connectivity index (χ0n) is 12.0. The van der Waals surface area contributed by atoms with Gasteiger partial charge < -0.3 is 4.74 Å². The van der Waals surface area contributed by atoms with Gasteiger partial charge in [0.05, 0.1) is 16.7 Å². The highest BCUT2D eigenvalue weighted by atomic mass is 32.2. The number of hydrogen-bond donors (Lipinski definition) is 0. The molecule has 3 rings (SSSR count). The molecule has 1 fully saturated rings. The molecule has 0 atom stereocenters. The van der Waals surface area contributed by atoms with Crippen LogP contribution in [0.3, 0.4) is 0 Å². The molecular weight excluding hydrogens is 306 g/mol. The monoisotopic (exact) mass is 323 g/mol. The fraction of sp³-hybridized carbons (Fsp3) is 0.500. The van der Waals surface area contributed by atoms with Gasteiger partial charge in [-0.3, -0.25) is 9.36 Å². The van der Waals surface area contributed by atoms with E-state index >= 15 is 0 Å². The number of rotatable bonds is 6. The number of aromatic nitrogens is 3. The standard InChI is InChI=1S/C14H17N3O2S2/c1-9(2)19-12(18)8-21-14-16-15-13(11-4-3-7-20-11)17(14)10-5-6-10/h3-4,7,9-10H,5-6,8H2,1-2H3. The lowest BCUT2D eigenvalue weighted by Gasteiger charge is -2.09. The molecule has 1 aliphatic carbocycles. The highest BCUT2D eigenvalue weighted by molar-refractivity contribution is 7.99. The fourth-order valence-corrected chi connectivity index (χ4v) is 3.53.